The van der Waals surface area contributed by atoms with Crippen molar-refractivity contribution in [3.63, 3.8) is 0 Å². The van der Waals surface area contributed by atoms with Gasteiger partial charge < -0.3 is 24.8 Å². The van der Waals surface area contributed by atoms with E-state index in [1.165, 1.54) is 12.0 Å². The Morgan fingerprint density at radius 1 is 1.18 bits per heavy atom. The van der Waals surface area contributed by atoms with Gasteiger partial charge in [-0.1, -0.05) is 31.9 Å². The van der Waals surface area contributed by atoms with Crippen LogP contribution in [0.2, 0.25) is 0 Å². The van der Waals surface area contributed by atoms with Gasteiger partial charge in [-0.05, 0) is 89.8 Å². The molecule has 14 nitrogen and oxygen atoms in total. The minimum absolute atomic E-state index is 0.117. The zero-order valence-electron chi connectivity index (χ0n) is 32.7. The molecule has 17 heteroatoms. The van der Waals surface area contributed by atoms with Gasteiger partial charge in [-0.15, -0.1) is 0 Å². The SMILES string of the molecule is CC[C@H](C)N(C(=O)O)[C@H]1CCCCC/C=C\[C@@H]2C[C@@]2(C(=O)NS(=O)(=O)C2(C)CC2)NC(=O)[C@@H]2C[C@]3(CCc4c(c(C(F)F)nc5ccc(OC)cc45)O3)CN2C1=O. The molecule has 2 aliphatic carbocycles. The van der Waals surface area contributed by atoms with Crippen molar-refractivity contribution in [3.05, 3.63) is 41.6 Å². The van der Waals surface area contributed by atoms with Crippen LogP contribution in [0.3, 0.4) is 0 Å². The number of amides is 4. The zero-order valence-corrected chi connectivity index (χ0v) is 33.5. The van der Waals surface area contributed by atoms with Crippen molar-refractivity contribution in [1.29, 1.82) is 0 Å². The Labute approximate surface area is 330 Å². The number of halogens is 2. The fourth-order valence-corrected chi connectivity index (χ4v) is 10.1. The number of methoxy groups -OCH3 is 1. The lowest BCUT2D eigenvalue weighted by Gasteiger charge is -2.38. The van der Waals surface area contributed by atoms with Gasteiger partial charge in [0, 0.05) is 29.3 Å². The second-order valence-electron chi connectivity index (χ2n) is 16.6. The minimum Gasteiger partial charge on any atom is -0.497 e. The fourth-order valence-electron chi connectivity index (χ4n) is 8.74. The average molecular weight is 816 g/mol. The van der Waals surface area contributed by atoms with Gasteiger partial charge in [0.15, 0.2) is 5.75 Å². The summed E-state index contributed by atoms with van der Waals surface area (Å²) in [5, 5.41) is 13.9. The number of ether oxygens (including phenoxy) is 2. The van der Waals surface area contributed by atoms with Gasteiger partial charge in [0.1, 0.15) is 34.7 Å². The summed E-state index contributed by atoms with van der Waals surface area (Å²) in [6, 6.07) is 1.86. The minimum atomic E-state index is -4.07. The van der Waals surface area contributed by atoms with Gasteiger partial charge in [-0.25, -0.2) is 27.0 Å². The molecule has 1 saturated heterocycles. The molecule has 1 aromatic heterocycles. The third kappa shape index (κ3) is 7.40. The predicted molar refractivity (Wildman–Crippen MR) is 204 cm³/mol. The van der Waals surface area contributed by atoms with Gasteiger partial charge in [-0.2, -0.15) is 0 Å². The van der Waals surface area contributed by atoms with E-state index in [4.69, 9.17) is 9.47 Å². The molecule has 2 saturated carbocycles. The van der Waals surface area contributed by atoms with E-state index in [9.17, 15) is 41.5 Å². The van der Waals surface area contributed by atoms with Crippen molar-refractivity contribution in [2.45, 2.75) is 138 Å². The zero-order chi connectivity index (χ0) is 41.1. The summed E-state index contributed by atoms with van der Waals surface area (Å²) in [4.78, 5) is 63.1. The van der Waals surface area contributed by atoms with Crippen molar-refractivity contribution in [2.24, 2.45) is 5.92 Å². The smallest absolute Gasteiger partial charge is 0.408 e. The highest BCUT2D eigenvalue weighted by molar-refractivity contribution is 7.91. The molecule has 1 spiro atoms. The number of fused-ring (bicyclic) bond motifs is 5. The number of pyridine rings is 1. The van der Waals surface area contributed by atoms with Crippen LogP contribution in [0.4, 0.5) is 13.6 Å². The quantitative estimate of drug-likeness (QED) is 0.292. The number of nitrogens with zero attached hydrogens (tertiary/aromatic N) is 3. The summed E-state index contributed by atoms with van der Waals surface area (Å²) in [6.07, 6.45) is 3.66. The van der Waals surface area contributed by atoms with E-state index in [0.717, 1.165) is 4.90 Å². The number of aryl methyl sites for hydroxylation is 1. The number of benzene rings is 1. The van der Waals surface area contributed by atoms with Gasteiger partial charge in [0.05, 0.1) is 23.9 Å². The Morgan fingerprint density at radius 3 is 2.60 bits per heavy atom. The molecule has 3 fully saturated rings. The Hall–Kier alpha value is -4.54. The largest absolute Gasteiger partial charge is 0.497 e. The maximum Gasteiger partial charge on any atom is 0.408 e. The molecule has 3 aliphatic heterocycles. The van der Waals surface area contributed by atoms with Crippen LogP contribution in [0.1, 0.15) is 109 Å². The van der Waals surface area contributed by atoms with E-state index < -0.39 is 85.9 Å². The van der Waals surface area contributed by atoms with Crippen molar-refractivity contribution in [2.75, 3.05) is 13.7 Å². The first-order valence-corrected chi connectivity index (χ1v) is 21.3. The number of carboxylic acid groups (broad SMARTS) is 1. The molecule has 5 aliphatic rings. The first-order valence-electron chi connectivity index (χ1n) is 19.8. The van der Waals surface area contributed by atoms with E-state index in [0.29, 0.717) is 67.2 Å². The molecule has 310 valence electrons. The standard InChI is InChI=1S/C40H51F2N5O9S/c1-5-23(2)47(37(51)52)29-12-10-8-6-7-9-11-24-20-40(24,36(50)45-57(53,54)38(3)17-18-38)44-34(48)30-21-39(22-46(30)35(29)49)16-15-26-27-19-25(55-4)13-14-28(27)43-31(33(41)42)32(26)56-39/h9,11,13-14,19,23-24,29-30,33H,5-8,10,12,15-18,20-22H2,1-4H3,(H,44,48)(H,45,50)(H,51,52)/b11-9-/t23-,24+,29-,30-,39+,40+/m0/s1. The van der Waals surface area contributed by atoms with Crippen molar-refractivity contribution < 1.29 is 51.0 Å². The summed E-state index contributed by atoms with van der Waals surface area (Å²) in [5.74, 6) is -2.45. The summed E-state index contributed by atoms with van der Waals surface area (Å²) < 4.78 is 69.0. The molecular formula is C40H51F2N5O9S. The van der Waals surface area contributed by atoms with Crippen LogP contribution >= 0.6 is 0 Å². The molecule has 6 atom stereocenters. The van der Waals surface area contributed by atoms with Crippen LogP contribution in [0.25, 0.3) is 10.9 Å². The molecular weight excluding hydrogens is 765 g/mol. The monoisotopic (exact) mass is 815 g/mol. The number of carbonyl (C=O) groups is 4. The molecule has 4 heterocycles. The maximum absolute atomic E-state index is 14.9. The van der Waals surface area contributed by atoms with Crippen LogP contribution in [0.5, 0.6) is 11.5 Å². The highest BCUT2D eigenvalue weighted by Crippen LogP contribution is 2.50. The van der Waals surface area contributed by atoms with Crippen LogP contribution in [0.15, 0.2) is 30.4 Å². The molecule has 0 unspecified atom stereocenters. The molecule has 1 aromatic carbocycles. The van der Waals surface area contributed by atoms with Crippen molar-refractivity contribution in [1.82, 2.24) is 24.8 Å². The van der Waals surface area contributed by atoms with Crippen LogP contribution < -0.4 is 19.5 Å². The Balaban J connectivity index is 1.29. The van der Waals surface area contributed by atoms with Crippen LogP contribution in [-0.4, -0.2) is 99.8 Å². The third-order valence-corrected chi connectivity index (χ3v) is 15.0. The lowest BCUT2D eigenvalue weighted by Crippen LogP contribution is -2.59. The van der Waals surface area contributed by atoms with E-state index in [1.807, 2.05) is 13.0 Å². The van der Waals surface area contributed by atoms with Crippen molar-refractivity contribution in [3.8, 4) is 11.5 Å². The number of allylic oxidation sites excluding steroid dienone is 1. The average Bonchev–Trinajstić information content (AvgIpc) is 4.06. The van der Waals surface area contributed by atoms with Gasteiger partial charge in [0.2, 0.25) is 21.8 Å². The molecule has 57 heavy (non-hydrogen) atoms. The highest BCUT2D eigenvalue weighted by atomic mass is 32.2. The fraction of sp³-hybridized carbons (Fsp3) is 0.625. The van der Waals surface area contributed by atoms with Crippen LogP contribution in [-0.2, 0) is 30.8 Å². The number of aromatic nitrogens is 1. The van der Waals surface area contributed by atoms with Crippen molar-refractivity contribution >= 4 is 44.7 Å². The topological polar surface area (TPSA) is 185 Å². The summed E-state index contributed by atoms with van der Waals surface area (Å²) in [5.41, 5.74) is -2.77. The number of hydrogen-bond donors (Lipinski definition) is 3. The number of hydrogen-bond acceptors (Lipinski definition) is 9. The summed E-state index contributed by atoms with van der Waals surface area (Å²) >= 11 is 0. The number of rotatable bonds is 8. The number of carbonyl (C=O) groups excluding carboxylic acids is 3. The second kappa shape index (κ2) is 15.0. The highest BCUT2D eigenvalue weighted by Gasteiger charge is 2.64. The summed E-state index contributed by atoms with van der Waals surface area (Å²) in [6.45, 7) is 4.84. The molecule has 0 radical (unpaired) electrons. The third-order valence-electron chi connectivity index (χ3n) is 12.8. The van der Waals surface area contributed by atoms with E-state index >= 15 is 0 Å². The van der Waals surface area contributed by atoms with E-state index in [1.54, 1.807) is 38.1 Å². The normalized spacial score (nSPS) is 29.5. The number of sulfonamides is 1. The predicted octanol–water partition coefficient (Wildman–Crippen LogP) is 5.39. The first-order chi connectivity index (χ1) is 27.0. The van der Waals surface area contributed by atoms with Gasteiger partial charge >= 0.3 is 6.09 Å². The number of nitrogens with one attached hydrogen (secondary N) is 2. The molecule has 0 bridgehead atoms. The second-order valence-corrected chi connectivity index (χ2v) is 18.8. The Kier molecular flexibility index (Phi) is 10.7. The molecule has 2 aromatic rings. The maximum atomic E-state index is 14.9. The Bertz CT molecular complexity index is 2110. The van der Waals surface area contributed by atoms with Crippen LogP contribution in [0, 0.1) is 5.92 Å². The Morgan fingerprint density at radius 2 is 1.93 bits per heavy atom. The van der Waals surface area contributed by atoms with Gasteiger partial charge in [-0.3, -0.25) is 24.0 Å². The molecule has 4 amide bonds. The van der Waals surface area contributed by atoms with E-state index in [-0.39, 0.29) is 44.4 Å². The molecule has 7 rings (SSSR count). The lowest BCUT2D eigenvalue weighted by molar-refractivity contribution is -0.144. The van der Waals surface area contributed by atoms with E-state index in [2.05, 4.69) is 15.0 Å². The van der Waals surface area contributed by atoms with Gasteiger partial charge in [0.25, 0.3) is 12.3 Å². The first kappa shape index (κ1) is 40.6. The lowest BCUT2D eigenvalue weighted by atomic mass is 9.87. The number of alkyl halides is 2. The molecule has 3 N–H and O–H groups in total. The summed E-state index contributed by atoms with van der Waals surface area (Å²) in [7, 11) is -2.58.